The van der Waals surface area contributed by atoms with Gasteiger partial charge in [-0.05, 0) is 31.6 Å². The zero-order chi connectivity index (χ0) is 11.8. The van der Waals surface area contributed by atoms with Gasteiger partial charge in [-0.25, -0.2) is 4.98 Å². The first-order valence-electron chi connectivity index (χ1n) is 7.03. The quantitative estimate of drug-likeness (QED) is 0.721. The summed E-state index contributed by atoms with van der Waals surface area (Å²) in [5.74, 6) is 2.54. The van der Waals surface area contributed by atoms with Gasteiger partial charge >= 0.3 is 0 Å². The fourth-order valence-corrected chi connectivity index (χ4v) is 3.90. The van der Waals surface area contributed by atoms with E-state index in [9.17, 15) is 0 Å². The molecule has 0 bridgehead atoms. The van der Waals surface area contributed by atoms with Gasteiger partial charge in [-0.15, -0.1) is 0 Å². The first-order valence-corrected chi connectivity index (χ1v) is 7.41. The van der Waals surface area contributed by atoms with Crippen molar-refractivity contribution in [3.05, 3.63) is 16.7 Å². The zero-order valence-electron chi connectivity index (χ0n) is 10.6. The molecule has 1 aromatic heterocycles. The van der Waals surface area contributed by atoms with Crippen molar-refractivity contribution < 1.29 is 0 Å². The maximum atomic E-state index is 6.35. The molecule has 1 aliphatic heterocycles. The Morgan fingerprint density at radius 2 is 1.88 bits per heavy atom. The minimum Gasteiger partial charge on any atom is -0.330 e. The van der Waals surface area contributed by atoms with Crippen LogP contribution in [0.1, 0.15) is 75.2 Å². The number of hydrogen-bond acceptors (Lipinski definition) is 1. The summed E-state index contributed by atoms with van der Waals surface area (Å²) in [5, 5.41) is 0.776. The molecule has 1 saturated carbocycles. The molecule has 0 N–H and O–H groups in total. The van der Waals surface area contributed by atoms with Crippen molar-refractivity contribution in [3.8, 4) is 0 Å². The standard InChI is InChI=1S/C14H21ClN2/c1-10-6-5-9-17-12(10)13(15)16-14(17)11-7-3-2-4-8-11/h10-11H,2-9H2,1H3. The third-order valence-electron chi connectivity index (χ3n) is 4.45. The van der Waals surface area contributed by atoms with Crippen LogP contribution in [0.4, 0.5) is 0 Å². The highest BCUT2D eigenvalue weighted by Gasteiger charge is 2.28. The lowest BCUT2D eigenvalue weighted by Crippen LogP contribution is -2.18. The van der Waals surface area contributed by atoms with Crippen molar-refractivity contribution in [1.82, 2.24) is 9.55 Å². The molecule has 1 aliphatic carbocycles. The molecule has 0 amide bonds. The average Bonchev–Trinajstić information content (AvgIpc) is 2.69. The second-order valence-electron chi connectivity index (χ2n) is 5.68. The molecular formula is C14H21ClN2. The molecule has 0 saturated heterocycles. The Balaban J connectivity index is 1.97. The Kier molecular flexibility index (Phi) is 3.16. The largest absolute Gasteiger partial charge is 0.330 e. The molecule has 2 aliphatic rings. The van der Waals surface area contributed by atoms with Gasteiger partial charge in [0.15, 0.2) is 5.15 Å². The van der Waals surface area contributed by atoms with E-state index in [0.717, 1.165) is 11.7 Å². The van der Waals surface area contributed by atoms with E-state index in [1.807, 2.05) is 0 Å². The highest BCUT2D eigenvalue weighted by Crippen LogP contribution is 2.39. The third-order valence-corrected chi connectivity index (χ3v) is 4.73. The van der Waals surface area contributed by atoms with Crippen LogP contribution in [-0.4, -0.2) is 9.55 Å². The van der Waals surface area contributed by atoms with Gasteiger partial charge in [0, 0.05) is 12.5 Å². The lowest BCUT2D eigenvalue weighted by molar-refractivity contribution is 0.394. The molecule has 1 unspecified atom stereocenters. The van der Waals surface area contributed by atoms with Gasteiger partial charge in [0.25, 0.3) is 0 Å². The topological polar surface area (TPSA) is 17.8 Å². The van der Waals surface area contributed by atoms with Gasteiger partial charge in [0.2, 0.25) is 0 Å². The summed E-state index contributed by atoms with van der Waals surface area (Å²) >= 11 is 6.35. The summed E-state index contributed by atoms with van der Waals surface area (Å²) in [5.41, 5.74) is 1.30. The van der Waals surface area contributed by atoms with Crippen molar-refractivity contribution >= 4 is 11.6 Å². The predicted octanol–water partition coefficient (Wildman–Crippen LogP) is 4.48. The molecule has 3 rings (SSSR count). The smallest absolute Gasteiger partial charge is 0.150 e. The van der Waals surface area contributed by atoms with Crippen molar-refractivity contribution in [2.75, 3.05) is 0 Å². The molecule has 2 heterocycles. The SMILES string of the molecule is CC1CCCn2c(C3CCCCC3)nc(Cl)c21. The Hall–Kier alpha value is -0.500. The number of aromatic nitrogens is 2. The van der Waals surface area contributed by atoms with Gasteiger partial charge in [0.1, 0.15) is 5.82 Å². The third kappa shape index (κ3) is 2.01. The average molecular weight is 253 g/mol. The van der Waals surface area contributed by atoms with Gasteiger partial charge < -0.3 is 4.57 Å². The maximum Gasteiger partial charge on any atom is 0.150 e. The molecule has 1 aromatic rings. The minimum atomic E-state index is 0.584. The first kappa shape index (κ1) is 11.6. The normalized spacial score (nSPS) is 25.9. The highest BCUT2D eigenvalue weighted by molar-refractivity contribution is 6.30. The van der Waals surface area contributed by atoms with Gasteiger partial charge in [-0.1, -0.05) is 37.8 Å². The number of imidazole rings is 1. The first-order chi connectivity index (χ1) is 8.27. The lowest BCUT2D eigenvalue weighted by Gasteiger charge is -2.26. The summed E-state index contributed by atoms with van der Waals surface area (Å²) in [6.45, 7) is 3.41. The van der Waals surface area contributed by atoms with Crippen LogP contribution in [-0.2, 0) is 6.54 Å². The van der Waals surface area contributed by atoms with E-state index in [4.69, 9.17) is 16.6 Å². The monoisotopic (exact) mass is 252 g/mol. The molecule has 0 radical (unpaired) electrons. The lowest BCUT2D eigenvalue weighted by atomic mass is 9.88. The van der Waals surface area contributed by atoms with Crippen molar-refractivity contribution in [1.29, 1.82) is 0 Å². The van der Waals surface area contributed by atoms with Crippen molar-refractivity contribution in [2.45, 2.75) is 70.3 Å². The molecule has 3 heteroatoms. The van der Waals surface area contributed by atoms with Crippen LogP contribution in [0.3, 0.4) is 0 Å². The van der Waals surface area contributed by atoms with Crippen LogP contribution in [0.2, 0.25) is 5.15 Å². The van der Waals surface area contributed by atoms with Crippen LogP contribution in [0, 0.1) is 0 Å². The van der Waals surface area contributed by atoms with Crippen LogP contribution in [0.25, 0.3) is 0 Å². The van der Waals surface area contributed by atoms with Crippen LogP contribution in [0.5, 0.6) is 0 Å². The Bertz CT molecular complexity index is 405. The fourth-order valence-electron chi connectivity index (χ4n) is 3.52. The van der Waals surface area contributed by atoms with E-state index in [1.165, 1.54) is 56.5 Å². The summed E-state index contributed by atoms with van der Waals surface area (Å²) < 4.78 is 2.44. The van der Waals surface area contributed by atoms with E-state index < -0.39 is 0 Å². The molecule has 0 spiro atoms. The molecule has 1 atom stereocenters. The number of fused-ring (bicyclic) bond motifs is 1. The summed E-state index contributed by atoms with van der Waals surface area (Å²) in [6, 6.07) is 0. The van der Waals surface area contributed by atoms with Gasteiger partial charge in [-0.3, -0.25) is 0 Å². The Labute approximate surface area is 108 Å². The van der Waals surface area contributed by atoms with E-state index in [0.29, 0.717) is 11.8 Å². The zero-order valence-corrected chi connectivity index (χ0v) is 11.3. The molecule has 1 fully saturated rings. The van der Waals surface area contributed by atoms with Crippen LogP contribution in [0.15, 0.2) is 0 Å². The molecular weight excluding hydrogens is 232 g/mol. The molecule has 17 heavy (non-hydrogen) atoms. The van der Waals surface area contributed by atoms with Crippen molar-refractivity contribution in [2.24, 2.45) is 0 Å². The molecule has 2 nitrogen and oxygen atoms in total. The number of rotatable bonds is 1. The maximum absolute atomic E-state index is 6.35. The minimum absolute atomic E-state index is 0.584. The fraction of sp³-hybridized carbons (Fsp3) is 0.786. The molecule has 94 valence electrons. The van der Waals surface area contributed by atoms with E-state index in [1.54, 1.807) is 0 Å². The summed E-state index contributed by atoms with van der Waals surface area (Å²) in [7, 11) is 0. The Morgan fingerprint density at radius 1 is 1.12 bits per heavy atom. The highest BCUT2D eigenvalue weighted by atomic mass is 35.5. The number of hydrogen-bond donors (Lipinski definition) is 0. The number of halogens is 1. The summed E-state index contributed by atoms with van der Waals surface area (Å²) in [4.78, 5) is 4.69. The van der Waals surface area contributed by atoms with Gasteiger partial charge in [-0.2, -0.15) is 0 Å². The van der Waals surface area contributed by atoms with Crippen LogP contribution < -0.4 is 0 Å². The van der Waals surface area contributed by atoms with Crippen molar-refractivity contribution in [3.63, 3.8) is 0 Å². The second-order valence-corrected chi connectivity index (χ2v) is 6.03. The van der Waals surface area contributed by atoms with Gasteiger partial charge in [0.05, 0.1) is 5.69 Å². The van der Waals surface area contributed by atoms with Crippen LogP contribution >= 0.6 is 11.6 Å². The van der Waals surface area contributed by atoms with E-state index in [-0.39, 0.29) is 0 Å². The van der Waals surface area contributed by atoms with E-state index >= 15 is 0 Å². The summed E-state index contributed by atoms with van der Waals surface area (Å²) in [6.07, 6.45) is 9.27. The molecule has 0 aromatic carbocycles. The number of nitrogens with zero attached hydrogens (tertiary/aromatic N) is 2. The van der Waals surface area contributed by atoms with E-state index in [2.05, 4.69) is 11.5 Å². The predicted molar refractivity (Wildman–Crippen MR) is 70.7 cm³/mol. The second kappa shape index (κ2) is 4.64. The Morgan fingerprint density at radius 3 is 2.65 bits per heavy atom.